The van der Waals surface area contributed by atoms with Crippen LogP contribution in [0.3, 0.4) is 0 Å². The number of rotatable bonds is 3. The van der Waals surface area contributed by atoms with Gasteiger partial charge < -0.3 is 0 Å². The van der Waals surface area contributed by atoms with Gasteiger partial charge in [-0.05, 0) is 25.3 Å². The van der Waals surface area contributed by atoms with Crippen LogP contribution in [-0.4, -0.2) is 12.5 Å². The molecule has 0 heterocycles. The highest BCUT2D eigenvalue weighted by Gasteiger charge is 2.45. The first-order chi connectivity index (χ1) is 6.69. The van der Waals surface area contributed by atoms with Crippen LogP contribution < -0.4 is 0 Å². The zero-order valence-corrected chi connectivity index (χ0v) is 8.22. The molecule has 1 aliphatic rings. The van der Waals surface area contributed by atoms with E-state index in [9.17, 15) is 9.18 Å². The quantitative estimate of drug-likeness (QED) is 0.673. The fourth-order valence-corrected chi connectivity index (χ4v) is 1.88. The van der Waals surface area contributed by atoms with Crippen molar-refractivity contribution < 1.29 is 9.18 Å². The van der Waals surface area contributed by atoms with Crippen LogP contribution in [0.2, 0.25) is 0 Å². The second-order valence-corrected chi connectivity index (χ2v) is 4.02. The van der Waals surface area contributed by atoms with Gasteiger partial charge in [0.25, 0.3) is 0 Å². The summed E-state index contributed by atoms with van der Waals surface area (Å²) in [6.07, 6.45) is 1.74. The lowest BCUT2D eigenvalue weighted by atomic mass is 9.91. The Hall–Kier alpha value is -1.18. The molecule has 0 aliphatic heterocycles. The summed E-state index contributed by atoms with van der Waals surface area (Å²) in [7, 11) is 0. The van der Waals surface area contributed by atoms with Crippen molar-refractivity contribution in [3.05, 3.63) is 35.4 Å². The summed E-state index contributed by atoms with van der Waals surface area (Å²) in [5.74, 6) is 0.0281. The van der Waals surface area contributed by atoms with Crippen molar-refractivity contribution >= 4 is 5.78 Å². The van der Waals surface area contributed by atoms with Crippen molar-refractivity contribution in [2.45, 2.75) is 25.2 Å². The molecule has 2 heteroatoms. The molecule has 1 saturated carbocycles. The summed E-state index contributed by atoms with van der Waals surface area (Å²) >= 11 is 0. The summed E-state index contributed by atoms with van der Waals surface area (Å²) in [5, 5.41) is 0. The maximum atomic E-state index is 12.9. The number of carbonyl (C=O) groups excluding carboxylic acids is 1. The van der Waals surface area contributed by atoms with Gasteiger partial charge in [0, 0.05) is 11.0 Å². The van der Waals surface area contributed by atoms with Gasteiger partial charge in [-0.25, -0.2) is 0 Å². The van der Waals surface area contributed by atoms with Gasteiger partial charge in [-0.15, -0.1) is 0 Å². The zero-order chi connectivity index (χ0) is 10.2. The molecule has 0 radical (unpaired) electrons. The molecule has 0 spiro atoms. The van der Waals surface area contributed by atoms with E-state index >= 15 is 0 Å². The average Bonchev–Trinajstić information content (AvgIpc) is 2.98. The Bertz CT molecular complexity index is 366. The van der Waals surface area contributed by atoms with E-state index in [4.69, 9.17) is 0 Å². The lowest BCUT2D eigenvalue weighted by molar-refractivity contribution is 0.101. The first-order valence-corrected chi connectivity index (χ1v) is 4.86. The lowest BCUT2D eigenvalue weighted by Crippen LogP contribution is -2.13. The molecule has 1 aliphatic carbocycles. The number of ketones is 1. The molecule has 1 aromatic carbocycles. The van der Waals surface area contributed by atoms with E-state index in [2.05, 4.69) is 0 Å². The van der Waals surface area contributed by atoms with Gasteiger partial charge in [0.05, 0.1) is 6.67 Å². The largest absolute Gasteiger partial charge is 0.295 e. The number of hydrogen-bond donors (Lipinski definition) is 0. The van der Waals surface area contributed by atoms with E-state index in [0.29, 0.717) is 5.56 Å². The van der Waals surface area contributed by atoms with E-state index < -0.39 is 0 Å². The molecule has 1 aromatic rings. The highest BCUT2D eigenvalue weighted by Crippen LogP contribution is 2.49. The Morgan fingerprint density at radius 3 is 2.57 bits per heavy atom. The Morgan fingerprint density at radius 1 is 1.43 bits per heavy atom. The molecule has 14 heavy (non-hydrogen) atoms. The summed E-state index contributed by atoms with van der Waals surface area (Å²) in [6, 6.07) is 7.36. The maximum Gasteiger partial charge on any atom is 0.160 e. The van der Waals surface area contributed by atoms with Crippen LogP contribution in [0.15, 0.2) is 24.3 Å². The van der Waals surface area contributed by atoms with Crippen LogP contribution in [0.25, 0.3) is 0 Å². The molecule has 2 rings (SSSR count). The minimum absolute atomic E-state index is 0.0281. The molecule has 0 unspecified atom stereocenters. The number of carbonyl (C=O) groups is 1. The van der Waals surface area contributed by atoms with Crippen molar-refractivity contribution in [2.24, 2.45) is 0 Å². The minimum atomic E-state index is -0.350. The molecule has 0 saturated heterocycles. The van der Waals surface area contributed by atoms with E-state index in [1.165, 1.54) is 6.92 Å². The molecule has 1 nitrogen and oxygen atoms in total. The number of halogens is 1. The number of hydrogen-bond acceptors (Lipinski definition) is 1. The Kier molecular flexibility index (Phi) is 2.14. The van der Waals surface area contributed by atoms with Crippen LogP contribution in [0.1, 0.15) is 35.7 Å². The molecule has 0 aromatic heterocycles. The third-order valence-corrected chi connectivity index (χ3v) is 2.99. The van der Waals surface area contributed by atoms with Gasteiger partial charge in [-0.2, -0.15) is 0 Å². The predicted octanol–water partition coefficient (Wildman–Crippen LogP) is 2.89. The molecule has 0 bridgehead atoms. The van der Waals surface area contributed by atoms with Gasteiger partial charge in [0.2, 0.25) is 0 Å². The van der Waals surface area contributed by atoms with Gasteiger partial charge in [0.1, 0.15) is 0 Å². The van der Waals surface area contributed by atoms with Crippen molar-refractivity contribution in [3.8, 4) is 0 Å². The van der Waals surface area contributed by atoms with E-state index in [1.54, 1.807) is 6.07 Å². The predicted molar refractivity (Wildman–Crippen MR) is 53.3 cm³/mol. The number of Topliss-reactive ketones (excluding diaryl/α,β-unsaturated/α-hetero) is 1. The van der Waals surface area contributed by atoms with Crippen LogP contribution >= 0.6 is 0 Å². The van der Waals surface area contributed by atoms with Crippen molar-refractivity contribution in [1.29, 1.82) is 0 Å². The molecule has 74 valence electrons. The first kappa shape index (κ1) is 9.38. The van der Waals surface area contributed by atoms with Gasteiger partial charge in [-0.3, -0.25) is 9.18 Å². The third kappa shape index (κ3) is 1.35. The molecule has 0 N–H and O–H groups in total. The smallest absolute Gasteiger partial charge is 0.160 e. The minimum Gasteiger partial charge on any atom is -0.295 e. The standard InChI is InChI=1S/C12H13FO/c1-9(14)10-4-2-3-5-11(10)12(8-13)6-7-12/h2-5H,6-8H2,1H3. The highest BCUT2D eigenvalue weighted by atomic mass is 19.1. The zero-order valence-electron chi connectivity index (χ0n) is 8.22. The van der Waals surface area contributed by atoms with Crippen molar-refractivity contribution in [2.75, 3.05) is 6.67 Å². The van der Waals surface area contributed by atoms with Crippen LogP contribution in [-0.2, 0) is 5.41 Å². The number of alkyl halides is 1. The highest BCUT2D eigenvalue weighted by molar-refractivity contribution is 5.96. The summed E-state index contributed by atoms with van der Waals surface area (Å²) < 4.78 is 12.9. The molecule has 0 atom stereocenters. The fraction of sp³-hybridized carbons (Fsp3) is 0.417. The summed E-state index contributed by atoms with van der Waals surface area (Å²) in [6.45, 7) is 1.18. The Morgan fingerprint density at radius 2 is 2.07 bits per heavy atom. The lowest BCUT2D eigenvalue weighted by Gasteiger charge is -2.14. The van der Waals surface area contributed by atoms with Crippen molar-refractivity contribution in [3.63, 3.8) is 0 Å². The molecular weight excluding hydrogens is 179 g/mol. The van der Waals surface area contributed by atoms with Crippen LogP contribution in [0.4, 0.5) is 4.39 Å². The normalized spacial score (nSPS) is 17.9. The first-order valence-electron chi connectivity index (χ1n) is 4.86. The third-order valence-electron chi connectivity index (χ3n) is 2.99. The fourth-order valence-electron chi connectivity index (χ4n) is 1.88. The molecule has 0 amide bonds. The summed E-state index contributed by atoms with van der Waals surface area (Å²) in [5.41, 5.74) is 1.25. The van der Waals surface area contributed by atoms with E-state index in [1.807, 2.05) is 18.2 Å². The van der Waals surface area contributed by atoms with E-state index in [0.717, 1.165) is 18.4 Å². The van der Waals surface area contributed by atoms with Crippen LogP contribution in [0.5, 0.6) is 0 Å². The number of benzene rings is 1. The molecule has 1 fully saturated rings. The SMILES string of the molecule is CC(=O)c1ccccc1C1(CF)CC1. The average molecular weight is 192 g/mol. The van der Waals surface area contributed by atoms with Crippen LogP contribution in [0, 0.1) is 0 Å². The maximum absolute atomic E-state index is 12.9. The van der Waals surface area contributed by atoms with E-state index in [-0.39, 0.29) is 17.9 Å². The topological polar surface area (TPSA) is 17.1 Å². The van der Waals surface area contributed by atoms with Gasteiger partial charge in [-0.1, -0.05) is 24.3 Å². The monoisotopic (exact) mass is 192 g/mol. The second kappa shape index (κ2) is 3.19. The molecular formula is C12H13FO. The second-order valence-electron chi connectivity index (χ2n) is 4.02. The van der Waals surface area contributed by atoms with Crippen molar-refractivity contribution in [1.82, 2.24) is 0 Å². The summed E-state index contributed by atoms with van der Waals surface area (Å²) in [4.78, 5) is 11.3. The Balaban J connectivity index is 2.47. The Labute approximate surface area is 82.9 Å². The van der Waals surface area contributed by atoms with Gasteiger partial charge in [0.15, 0.2) is 5.78 Å². The van der Waals surface area contributed by atoms with Gasteiger partial charge >= 0.3 is 0 Å².